The summed E-state index contributed by atoms with van der Waals surface area (Å²) in [6.45, 7) is 15.4. The summed E-state index contributed by atoms with van der Waals surface area (Å²) in [5, 5.41) is 0. The van der Waals surface area contributed by atoms with Crippen LogP contribution < -0.4 is 0 Å². The molecule has 7 heteroatoms. The highest BCUT2D eigenvalue weighted by Gasteiger charge is 2.28. The quantitative estimate of drug-likeness (QED) is 0.193. The first-order valence-corrected chi connectivity index (χ1v) is 10.1. The molecular weight excluding hydrogens is 376 g/mol. The fourth-order valence-electron chi connectivity index (χ4n) is 2.49. The monoisotopic (exact) mass is 414 g/mol. The summed E-state index contributed by atoms with van der Waals surface area (Å²) in [6, 6.07) is 0. The van der Waals surface area contributed by atoms with Gasteiger partial charge in [-0.25, -0.2) is 9.59 Å². The van der Waals surface area contributed by atoms with Crippen molar-refractivity contribution in [2.45, 2.75) is 46.5 Å². The van der Waals surface area contributed by atoms with Crippen LogP contribution in [0.3, 0.4) is 0 Å². The number of carbonyl (C=O) groups is 2. The van der Waals surface area contributed by atoms with Crippen LogP contribution in [-0.4, -0.2) is 65.3 Å². The molecule has 0 saturated heterocycles. The van der Waals surface area contributed by atoms with Crippen molar-refractivity contribution in [3.8, 4) is 0 Å². The molecule has 0 fully saturated rings. The van der Waals surface area contributed by atoms with Crippen LogP contribution in [0, 0.1) is 5.41 Å². The van der Waals surface area contributed by atoms with E-state index in [2.05, 4.69) is 20.1 Å². The molecular formula is C22H38O7. The Bertz CT molecular complexity index is 477. The lowest BCUT2D eigenvalue weighted by Crippen LogP contribution is -2.33. The Morgan fingerprint density at radius 2 is 1.31 bits per heavy atom. The average Bonchev–Trinajstić information content (AvgIpc) is 2.69. The minimum atomic E-state index is -0.414. The Balaban J connectivity index is 4.46. The van der Waals surface area contributed by atoms with Crippen LogP contribution in [0.5, 0.6) is 0 Å². The van der Waals surface area contributed by atoms with E-state index in [1.165, 1.54) is 0 Å². The van der Waals surface area contributed by atoms with Crippen LogP contribution in [0.2, 0.25) is 0 Å². The van der Waals surface area contributed by atoms with Gasteiger partial charge in [0.15, 0.2) is 0 Å². The van der Waals surface area contributed by atoms with E-state index in [0.29, 0.717) is 50.8 Å². The highest BCUT2D eigenvalue weighted by atomic mass is 16.6. The van der Waals surface area contributed by atoms with Gasteiger partial charge < -0.3 is 23.7 Å². The van der Waals surface area contributed by atoms with Crippen LogP contribution in [0.25, 0.3) is 0 Å². The lowest BCUT2D eigenvalue weighted by Gasteiger charge is -2.32. The molecule has 0 aromatic carbocycles. The number of carbonyl (C=O) groups excluding carboxylic acids is 2. The normalized spacial score (nSPS) is 12.8. The summed E-state index contributed by atoms with van der Waals surface area (Å²) < 4.78 is 26.8. The van der Waals surface area contributed by atoms with Gasteiger partial charge in [-0.1, -0.05) is 20.1 Å². The second-order valence-corrected chi connectivity index (χ2v) is 7.24. The number of rotatable bonds is 18. The predicted molar refractivity (Wildman–Crippen MR) is 112 cm³/mol. The van der Waals surface area contributed by atoms with Gasteiger partial charge in [0.1, 0.15) is 6.61 Å². The lowest BCUT2D eigenvalue weighted by atomic mass is 9.81. The van der Waals surface area contributed by atoms with E-state index in [-0.39, 0.29) is 18.0 Å². The largest absolute Gasteiger partial charge is 0.462 e. The molecule has 29 heavy (non-hydrogen) atoms. The summed E-state index contributed by atoms with van der Waals surface area (Å²) >= 11 is 0. The second kappa shape index (κ2) is 16.1. The van der Waals surface area contributed by atoms with E-state index in [1.807, 2.05) is 0 Å². The first kappa shape index (κ1) is 27.3. The molecule has 168 valence electrons. The van der Waals surface area contributed by atoms with Crippen LogP contribution >= 0.6 is 0 Å². The van der Waals surface area contributed by atoms with Gasteiger partial charge in [0, 0.05) is 23.7 Å². The Morgan fingerprint density at radius 3 is 1.79 bits per heavy atom. The molecule has 0 bridgehead atoms. The average molecular weight is 415 g/mol. The van der Waals surface area contributed by atoms with E-state index < -0.39 is 5.97 Å². The first-order valence-electron chi connectivity index (χ1n) is 10.1. The molecule has 0 radical (unpaired) electrons. The van der Waals surface area contributed by atoms with Crippen molar-refractivity contribution in [2.24, 2.45) is 5.41 Å². The van der Waals surface area contributed by atoms with E-state index in [9.17, 15) is 9.59 Å². The van der Waals surface area contributed by atoms with Gasteiger partial charge >= 0.3 is 11.9 Å². The van der Waals surface area contributed by atoms with Gasteiger partial charge in [-0.05, 0) is 39.5 Å². The van der Waals surface area contributed by atoms with Gasteiger partial charge in [-0.2, -0.15) is 0 Å². The van der Waals surface area contributed by atoms with Crippen molar-refractivity contribution >= 4 is 11.9 Å². The first-order chi connectivity index (χ1) is 13.8. The number of hydrogen-bond donors (Lipinski definition) is 0. The Labute approximate surface area is 175 Å². The third kappa shape index (κ3) is 13.2. The summed E-state index contributed by atoms with van der Waals surface area (Å²) in [5.41, 5.74) is 0.608. The molecule has 0 saturated carbocycles. The van der Waals surface area contributed by atoms with Gasteiger partial charge in [-0.15, -0.1) is 0 Å². The SMILES string of the molecule is C=C(C)C(=O)OCCCCC(CC)(COCCOC)COCCOC(=O)C(=C)C. The maximum Gasteiger partial charge on any atom is 0.333 e. The summed E-state index contributed by atoms with van der Waals surface area (Å²) in [6.07, 6.45) is 3.37. The van der Waals surface area contributed by atoms with Crippen LogP contribution in [0.1, 0.15) is 46.5 Å². The molecule has 0 N–H and O–H groups in total. The van der Waals surface area contributed by atoms with Crippen LogP contribution in [0.4, 0.5) is 0 Å². The summed E-state index contributed by atoms with van der Waals surface area (Å²) in [4.78, 5) is 22.8. The third-order valence-electron chi connectivity index (χ3n) is 4.49. The maximum absolute atomic E-state index is 11.4. The van der Waals surface area contributed by atoms with Crippen molar-refractivity contribution in [1.29, 1.82) is 0 Å². The van der Waals surface area contributed by atoms with E-state index >= 15 is 0 Å². The Morgan fingerprint density at radius 1 is 0.793 bits per heavy atom. The summed E-state index contributed by atoms with van der Waals surface area (Å²) in [7, 11) is 1.64. The molecule has 0 aromatic rings. The molecule has 7 nitrogen and oxygen atoms in total. The van der Waals surface area contributed by atoms with Crippen molar-refractivity contribution in [3.05, 3.63) is 24.3 Å². The second-order valence-electron chi connectivity index (χ2n) is 7.24. The molecule has 1 atom stereocenters. The number of hydrogen-bond acceptors (Lipinski definition) is 7. The fraction of sp³-hybridized carbons (Fsp3) is 0.727. The highest BCUT2D eigenvalue weighted by Crippen LogP contribution is 2.30. The zero-order valence-electron chi connectivity index (χ0n) is 18.6. The standard InChI is InChI=1S/C22H38O7/c1-7-22(16-26-13-12-25-6,10-8-9-11-28-20(23)18(2)3)17-27-14-15-29-21(24)19(4)5/h2,4,7-17H2,1,3,5-6H3. The molecule has 0 aliphatic rings. The van der Waals surface area contributed by atoms with Crippen molar-refractivity contribution in [3.63, 3.8) is 0 Å². The van der Waals surface area contributed by atoms with E-state index in [0.717, 1.165) is 25.7 Å². The predicted octanol–water partition coefficient (Wildman–Crippen LogP) is 3.47. The minimum Gasteiger partial charge on any atom is -0.462 e. The van der Waals surface area contributed by atoms with Crippen LogP contribution in [0.15, 0.2) is 24.3 Å². The lowest BCUT2D eigenvalue weighted by molar-refractivity contribution is -0.141. The number of ether oxygens (including phenoxy) is 5. The molecule has 0 spiro atoms. The molecule has 0 aromatic heterocycles. The topological polar surface area (TPSA) is 80.3 Å². The number of unbranched alkanes of at least 4 members (excludes halogenated alkanes) is 1. The molecule has 0 rings (SSSR count). The van der Waals surface area contributed by atoms with Gasteiger partial charge in [0.2, 0.25) is 0 Å². The van der Waals surface area contributed by atoms with E-state index in [1.54, 1.807) is 21.0 Å². The number of methoxy groups -OCH3 is 1. The van der Waals surface area contributed by atoms with Crippen molar-refractivity contribution in [2.75, 3.05) is 53.4 Å². The Kier molecular flexibility index (Phi) is 15.2. The number of esters is 2. The van der Waals surface area contributed by atoms with E-state index in [4.69, 9.17) is 23.7 Å². The molecule has 0 amide bonds. The van der Waals surface area contributed by atoms with Crippen LogP contribution in [-0.2, 0) is 33.3 Å². The fourth-order valence-corrected chi connectivity index (χ4v) is 2.49. The molecule has 0 aliphatic heterocycles. The summed E-state index contributed by atoms with van der Waals surface area (Å²) in [5.74, 6) is -0.773. The van der Waals surface area contributed by atoms with Gasteiger partial charge in [0.05, 0.1) is 39.6 Å². The zero-order valence-corrected chi connectivity index (χ0v) is 18.6. The highest BCUT2D eigenvalue weighted by molar-refractivity contribution is 5.87. The van der Waals surface area contributed by atoms with Crippen molar-refractivity contribution in [1.82, 2.24) is 0 Å². The van der Waals surface area contributed by atoms with Gasteiger partial charge in [-0.3, -0.25) is 0 Å². The smallest absolute Gasteiger partial charge is 0.333 e. The minimum absolute atomic E-state index is 0.162. The Hall–Kier alpha value is -1.70. The van der Waals surface area contributed by atoms with Crippen molar-refractivity contribution < 1.29 is 33.3 Å². The molecule has 1 unspecified atom stereocenters. The third-order valence-corrected chi connectivity index (χ3v) is 4.49. The zero-order chi connectivity index (χ0) is 22.1. The molecule has 0 heterocycles. The van der Waals surface area contributed by atoms with Gasteiger partial charge in [0.25, 0.3) is 0 Å². The maximum atomic E-state index is 11.4. The molecule has 0 aliphatic carbocycles.